The molecule has 0 aliphatic carbocycles. The number of aromatic nitrogens is 1. The number of phenols is 2. The average molecular weight is 177 g/mol. The van der Waals surface area contributed by atoms with Gasteiger partial charge in [-0.05, 0) is 31.0 Å². The van der Waals surface area contributed by atoms with Gasteiger partial charge in [0.1, 0.15) is 11.5 Å². The number of aromatic hydroxyl groups is 2. The minimum absolute atomic E-state index is 0.218. The quantitative estimate of drug-likeness (QED) is 0.540. The molecule has 2 rings (SSSR count). The van der Waals surface area contributed by atoms with Gasteiger partial charge in [-0.1, -0.05) is 0 Å². The summed E-state index contributed by atoms with van der Waals surface area (Å²) in [6.07, 6.45) is 1.70. The van der Waals surface area contributed by atoms with E-state index in [1.165, 1.54) is 0 Å². The fraction of sp³-hybridized carbons (Fsp3) is 0.200. The molecule has 1 aromatic heterocycles. The standard InChI is InChI=1S/C10H11NO2/c1-5-6(2)10(13)8-7(9(5)12)3-4-11-8/h3-4,11-13H,1-2H3. The molecule has 1 aromatic carbocycles. The summed E-state index contributed by atoms with van der Waals surface area (Å²) in [6, 6.07) is 1.75. The Kier molecular flexibility index (Phi) is 1.49. The maximum absolute atomic E-state index is 9.72. The first-order valence-electron chi connectivity index (χ1n) is 4.11. The molecule has 0 amide bonds. The minimum Gasteiger partial charge on any atom is -0.507 e. The summed E-state index contributed by atoms with van der Waals surface area (Å²) in [7, 11) is 0. The molecule has 3 nitrogen and oxygen atoms in total. The fourth-order valence-corrected chi connectivity index (χ4v) is 1.51. The van der Waals surface area contributed by atoms with Gasteiger partial charge in [-0.15, -0.1) is 0 Å². The van der Waals surface area contributed by atoms with Gasteiger partial charge in [0.25, 0.3) is 0 Å². The molecule has 3 N–H and O–H groups in total. The van der Waals surface area contributed by atoms with Crippen molar-refractivity contribution in [1.82, 2.24) is 4.98 Å². The molecule has 3 heteroatoms. The van der Waals surface area contributed by atoms with Crippen molar-refractivity contribution in [2.45, 2.75) is 13.8 Å². The van der Waals surface area contributed by atoms with Crippen LogP contribution in [-0.4, -0.2) is 15.2 Å². The molecule has 0 aliphatic heterocycles. The monoisotopic (exact) mass is 177 g/mol. The summed E-state index contributed by atoms with van der Waals surface area (Å²) in [5, 5.41) is 20.1. The van der Waals surface area contributed by atoms with E-state index in [4.69, 9.17) is 0 Å². The highest BCUT2D eigenvalue weighted by molar-refractivity contribution is 5.92. The van der Waals surface area contributed by atoms with E-state index in [0.29, 0.717) is 16.5 Å². The third kappa shape index (κ3) is 0.900. The number of H-pyrrole nitrogens is 1. The van der Waals surface area contributed by atoms with E-state index in [1.807, 2.05) is 0 Å². The highest BCUT2D eigenvalue weighted by atomic mass is 16.3. The van der Waals surface area contributed by atoms with Gasteiger partial charge in [-0.2, -0.15) is 0 Å². The van der Waals surface area contributed by atoms with Crippen molar-refractivity contribution in [2.24, 2.45) is 0 Å². The maximum atomic E-state index is 9.72. The topological polar surface area (TPSA) is 56.2 Å². The number of rotatable bonds is 0. The zero-order valence-corrected chi connectivity index (χ0v) is 7.55. The Morgan fingerprint density at radius 1 is 1.08 bits per heavy atom. The highest BCUT2D eigenvalue weighted by Crippen LogP contribution is 2.37. The minimum atomic E-state index is 0.218. The van der Waals surface area contributed by atoms with Crippen LogP contribution in [0.25, 0.3) is 10.9 Å². The lowest BCUT2D eigenvalue weighted by Crippen LogP contribution is -1.84. The summed E-state index contributed by atoms with van der Waals surface area (Å²) >= 11 is 0. The van der Waals surface area contributed by atoms with Gasteiger partial charge in [0.15, 0.2) is 0 Å². The van der Waals surface area contributed by atoms with E-state index in [1.54, 1.807) is 26.1 Å². The Morgan fingerprint density at radius 2 is 1.69 bits per heavy atom. The average Bonchev–Trinajstić information content (AvgIpc) is 2.59. The second-order valence-corrected chi connectivity index (χ2v) is 3.21. The first kappa shape index (κ1) is 7.98. The third-order valence-electron chi connectivity index (χ3n) is 2.51. The molecule has 0 saturated carbocycles. The molecule has 2 aromatic rings. The molecule has 1 heterocycles. The molecule has 0 aliphatic rings. The molecular weight excluding hydrogens is 166 g/mol. The normalized spacial score (nSPS) is 10.9. The predicted octanol–water partition coefficient (Wildman–Crippen LogP) is 2.20. The number of phenolic OH excluding ortho intramolecular Hbond substituents is 2. The number of aromatic amines is 1. The number of hydrogen-bond acceptors (Lipinski definition) is 2. The number of benzene rings is 1. The Hall–Kier alpha value is -1.64. The van der Waals surface area contributed by atoms with E-state index in [-0.39, 0.29) is 11.5 Å². The molecule has 0 fully saturated rings. The van der Waals surface area contributed by atoms with Gasteiger partial charge in [0.05, 0.1) is 5.52 Å². The second-order valence-electron chi connectivity index (χ2n) is 3.21. The SMILES string of the molecule is Cc1c(C)c(O)c2[nH]ccc2c1O. The van der Waals surface area contributed by atoms with Crippen molar-refractivity contribution in [3.05, 3.63) is 23.4 Å². The predicted molar refractivity (Wildman–Crippen MR) is 51.1 cm³/mol. The number of nitrogens with one attached hydrogen (secondary N) is 1. The van der Waals surface area contributed by atoms with Crippen molar-refractivity contribution in [2.75, 3.05) is 0 Å². The molecule has 68 valence electrons. The zero-order valence-electron chi connectivity index (χ0n) is 7.55. The first-order valence-corrected chi connectivity index (χ1v) is 4.11. The second kappa shape index (κ2) is 2.42. The van der Waals surface area contributed by atoms with Gasteiger partial charge in [-0.25, -0.2) is 0 Å². The fourth-order valence-electron chi connectivity index (χ4n) is 1.51. The molecule has 0 spiro atoms. The molecule has 0 bridgehead atoms. The van der Waals surface area contributed by atoms with Crippen molar-refractivity contribution < 1.29 is 10.2 Å². The maximum Gasteiger partial charge on any atom is 0.143 e. The van der Waals surface area contributed by atoms with Crippen LogP contribution in [0, 0.1) is 13.8 Å². The van der Waals surface area contributed by atoms with Gasteiger partial charge in [0, 0.05) is 11.6 Å². The summed E-state index contributed by atoms with van der Waals surface area (Å²) in [4.78, 5) is 2.89. The Labute approximate surface area is 75.6 Å². The molecule has 0 unspecified atom stereocenters. The van der Waals surface area contributed by atoms with Crippen molar-refractivity contribution >= 4 is 10.9 Å². The molecule has 13 heavy (non-hydrogen) atoms. The van der Waals surface area contributed by atoms with E-state index in [0.717, 1.165) is 5.56 Å². The summed E-state index contributed by atoms with van der Waals surface area (Å²) in [5.41, 5.74) is 2.04. The van der Waals surface area contributed by atoms with Crippen LogP contribution in [0.1, 0.15) is 11.1 Å². The van der Waals surface area contributed by atoms with Crippen LogP contribution in [0.15, 0.2) is 12.3 Å². The lowest BCUT2D eigenvalue weighted by molar-refractivity contribution is 0.462. The Balaban J connectivity index is 3.02. The van der Waals surface area contributed by atoms with Crippen molar-refractivity contribution in [3.8, 4) is 11.5 Å². The van der Waals surface area contributed by atoms with Crippen LogP contribution in [0.5, 0.6) is 11.5 Å². The smallest absolute Gasteiger partial charge is 0.143 e. The summed E-state index contributed by atoms with van der Waals surface area (Å²) < 4.78 is 0. The highest BCUT2D eigenvalue weighted by Gasteiger charge is 2.12. The van der Waals surface area contributed by atoms with Crippen molar-refractivity contribution in [3.63, 3.8) is 0 Å². The van der Waals surface area contributed by atoms with Crippen LogP contribution in [0.4, 0.5) is 0 Å². The lowest BCUT2D eigenvalue weighted by atomic mass is 10.0. The lowest BCUT2D eigenvalue weighted by Gasteiger charge is -2.07. The third-order valence-corrected chi connectivity index (χ3v) is 2.51. The summed E-state index contributed by atoms with van der Waals surface area (Å²) in [6.45, 7) is 3.57. The number of hydrogen-bond donors (Lipinski definition) is 3. The van der Waals surface area contributed by atoms with Crippen LogP contribution in [-0.2, 0) is 0 Å². The van der Waals surface area contributed by atoms with E-state index >= 15 is 0 Å². The van der Waals surface area contributed by atoms with Gasteiger partial charge >= 0.3 is 0 Å². The largest absolute Gasteiger partial charge is 0.507 e. The molecule has 0 saturated heterocycles. The number of fused-ring (bicyclic) bond motifs is 1. The van der Waals surface area contributed by atoms with Crippen LogP contribution in [0.2, 0.25) is 0 Å². The Bertz CT molecular complexity index is 429. The van der Waals surface area contributed by atoms with Crippen molar-refractivity contribution in [1.29, 1.82) is 0 Å². The van der Waals surface area contributed by atoms with Crippen LogP contribution in [0.3, 0.4) is 0 Å². The van der Waals surface area contributed by atoms with Gasteiger partial charge in [0.2, 0.25) is 0 Å². The Morgan fingerprint density at radius 3 is 2.38 bits per heavy atom. The summed E-state index contributed by atoms with van der Waals surface area (Å²) in [5.74, 6) is 0.460. The van der Waals surface area contributed by atoms with E-state index in [9.17, 15) is 10.2 Å². The van der Waals surface area contributed by atoms with Crippen LogP contribution < -0.4 is 0 Å². The van der Waals surface area contributed by atoms with Gasteiger partial charge < -0.3 is 15.2 Å². The molecular formula is C10H11NO2. The molecule has 0 atom stereocenters. The van der Waals surface area contributed by atoms with Crippen LogP contribution >= 0.6 is 0 Å². The molecule has 0 radical (unpaired) electrons. The van der Waals surface area contributed by atoms with E-state index < -0.39 is 0 Å². The van der Waals surface area contributed by atoms with Gasteiger partial charge in [-0.3, -0.25) is 0 Å². The van der Waals surface area contributed by atoms with E-state index in [2.05, 4.69) is 4.98 Å². The zero-order chi connectivity index (χ0) is 9.59. The first-order chi connectivity index (χ1) is 6.13.